The number of hydrogen-bond acceptors (Lipinski definition) is 2. The maximum Gasteiger partial charge on any atom is 0.303 e. The summed E-state index contributed by atoms with van der Waals surface area (Å²) in [6.07, 6.45) is 1.79. The van der Waals surface area contributed by atoms with Crippen LogP contribution in [-0.2, 0) is 9.59 Å². The van der Waals surface area contributed by atoms with E-state index in [1.807, 2.05) is 0 Å². The average molecular weight is 296 g/mol. The molecule has 0 saturated heterocycles. The Kier molecular flexibility index (Phi) is 4.70. The molecule has 5 heteroatoms. The minimum atomic E-state index is -0.917. The van der Waals surface area contributed by atoms with Crippen molar-refractivity contribution in [1.29, 1.82) is 0 Å². The van der Waals surface area contributed by atoms with Gasteiger partial charge in [-0.2, -0.15) is 0 Å². The molecule has 0 amide bonds. The molecule has 0 aromatic heterocycles. The van der Waals surface area contributed by atoms with Crippen LogP contribution in [0, 0.1) is 24.5 Å². The molecule has 2 rings (SSSR count). The van der Waals surface area contributed by atoms with E-state index < -0.39 is 17.6 Å². The van der Waals surface area contributed by atoms with Crippen molar-refractivity contribution in [3.05, 3.63) is 34.9 Å². The Balaban J connectivity index is 2.27. The highest BCUT2D eigenvalue weighted by molar-refractivity contribution is 5.80. The van der Waals surface area contributed by atoms with E-state index in [9.17, 15) is 18.4 Å². The van der Waals surface area contributed by atoms with Gasteiger partial charge >= 0.3 is 5.97 Å². The molecule has 21 heavy (non-hydrogen) atoms. The standard InChI is InChI=1S/C16H18F2O3/c1-9-6-11(7-14(17)16(9)18)13-8-12(19)4-2-10(13)3-5-15(20)21/h6-7,10,13H,2-5,8H2,1H3,(H,20,21)/t10-,13+/m0/s1. The lowest BCUT2D eigenvalue weighted by molar-refractivity contribution is -0.137. The van der Waals surface area contributed by atoms with Gasteiger partial charge in [0, 0.05) is 19.3 Å². The maximum absolute atomic E-state index is 13.6. The molecule has 0 bridgehead atoms. The Bertz CT molecular complexity index is 546. The molecular weight excluding hydrogens is 278 g/mol. The molecule has 0 aliphatic heterocycles. The van der Waals surface area contributed by atoms with Crippen LogP contribution in [0.25, 0.3) is 0 Å². The van der Waals surface area contributed by atoms with E-state index in [2.05, 4.69) is 0 Å². The Morgan fingerprint density at radius 1 is 1.38 bits per heavy atom. The smallest absolute Gasteiger partial charge is 0.303 e. The minimum Gasteiger partial charge on any atom is -0.481 e. The second-order valence-corrected chi connectivity index (χ2v) is 5.71. The summed E-state index contributed by atoms with van der Waals surface area (Å²) in [6.45, 7) is 1.48. The summed E-state index contributed by atoms with van der Waals surface area (Å²) in [5, 5.41) is 8.80. The fraction of sp³-hybridized carbons (Fsp3) is 0.500. The van der Waals surface area contributed by atoms with Crippen LogP contribution in [0.1, 0.15) is 49.1 Å². The lowest BCUT2D eigenvalue weighted by Crippen LogP contribution is -2.24. The number of rotatable bonds is 4. The first-order valence-corrected chi connectivity index (χ1v) is 7.07. The van der Waals surface area contributed by atoms with Gasteiger partial charge in [-0.3, -0.25) is 9.59 Å². The van der Waals surface area contributed by atoms with E-state index in [0.717, 1.165) is 6.07 Å². The van der Waals surface area contributed by atoms with Gasteiger partial charge in [0.25, 0.3) is 0 Å². The van der Waals surface area contributed by atoms with Gasteiger partial charge in [0.2, 0.25) is 0 Å². The summed E-state index contributed by atoms with van der Waals surface area (Å²) in [5.74, 6) is -2.79. The van der Waals surface area contributed by atoms with Gasteiger partial charge in [0.1, 0.15) is 5.78 Å². The van der Waals surface area contributed by atoms with Crippen LogP contribution in [0.2, 0.25) is 0 Å². The minimum absolute atomic E-state index is 0.0167. The predicted molar refractivity (Wildman–Crippen MR) is 73.1 cm³/mol. The fourth-order valence-electron chi connectivity index (χ4n) is 3.07. The van der Waals surface area contributed by atoms with Gasteiger partial charge in [-0.1, -0.05) is 6.07 Å². The number of aliphatic carboxylic acids is 1. The summed E-state index contributed by atoms with van der Waals surface area (Å²) in [6, 6.07) is 2.70. The van der Waals surface area contributed by atoms with Crippen molar-refractivity contribution in [3.8, 4) is 0 Å². The summed E-state index contributed by atoms with van der Waals surface area (Å²) < 4.78 is 27.0. The molecule has 1 fully saturated rings. The zero-order valence-electron chi connectivity index (χ0n) is 11.9. The van der Waals surface area contributed by atoms with Crippen LogP contribution in [0.4, 0.5) is 8.78 Å². The molecule has 1 aromatic rings. The first kappa shape index (κ1) is 15.6. The van der Waals surface area contributed by atoms with Crippen molar-refractivity contribution in [2.24, 2.45) is 5.92 Å². The Morgan fingerprint density at radius 3 is 2.71 bits per heavy atom. The van der Waals surface area contributed by atoms with E-state index in [-0.39, 0.29) is 36.0 Å². The van der Waals surface area contributed by atoms with Crippen molar-refractivity contribution in [2.45, 2.75) is 44.9 Å². The Labute approximate surface area is 122 Å². The van der Waals surface area contributed by atoms with E-state index in [1.54, 1.807) is 6.07 Å². The third-order valence-corrected chi connectivity index (χ3v) is 4.20. The third-order valence-electron chi connectivity index (χ3n) is 4.20. The first-order valence-electron chi connectivity index (χ1n) is 7.07. The van der Waals surface area contributed by atoms with E-state index in [0.29, 0.717) is 24.8 Å². The van der Waals surface area contributed by atoms with Crippen LogP contribution >= 0.6 is 0 Å². The SMILES string of the molecule is Cc1cc([C@@H]2CC(=O)CC[C@H]2CCC(=O)O)cc(F)c1F. The van der Waals surface area contributed by atoms with E-state index in [1.165, 1.54) is 6.92 Å². The van der Waals surface area contributed by atoms with Gasteiger partial charge in [0.05, 0.1) is 0 Å². The molecule has 1 aliphatic carbocycles. The first-order chi connectivity index (χ1) is 9.88. The molecule has 0 unspecified atom stereocenters. The fourth-order valence-corrected chi connectivity index (χ4v) is 3.07. The number of benzene rings is 1. The molecule has 1 aromatic carbocycles. The number of Topliss-reactive ketones (excluding diaryl/α,β-unsaturated/α-hetero) is 1. The van der Waals surface area contributed by atoms with Crippen LogP contribution < -0.4 is 0 Å². The van der Waals surface area contributed by atoms with Crippen molar-refractivity contribution in [2.75, 3.05) is 0 Å². The third kappa shape index (κ3) is 3.65. The molecular formula is C16H18F2O3. The van der Waals surface area contributed by atoms with E-state index >= 15 is 0 Å². The number of hydrogen-bond donors (Lipinski definition) is 1. The Morgan fingerprint density at radius 2 is 2.10 bits per heavy atom. The summed E-state index contributed by atoms with van der Waals surface area (Å²) in [7, 11) is 0. The largest absolute Gasteiger partial charge is 0.481 e. The van der Waals surface area contributed by atoms with Crippen molar-refractivity contribution in [1.82, 2.24) is 0 Å². The van der Waals surface area contributed by atoms with E-state index in [4.69, 9.17) is 5.11 Å². The number of carbonyl (C=O) groups is 2. The Hall–Kier alpha value is -1.78. The highest BCUT2D eigenvalue weighted by atomic mass is 19.2. The van der Waals surface area contributed by atoms with Crippen molar-refractivity contribution >= 4 is 11.8 Å². The number of halogens is 2. The molecule has 0 spiro atoms. The van der Waals surface area contributed by atoms with Gasteiger partial charge in [0.15, 0.2) is 11.6 Å². The molecule has 0 radical (unpaired) electrons. The molecule has 1 N–H and O–H groups in total. The van der Waals surface area contributed by atoms with Crippen molar-refractivity contribution < 1.29 is 23.5 Å². The zero-order valence-corrected chi connectivity index (χ0v) is 11.9. The number of carbonyl (C=O) groups excluding carboxylic acids is 1. The monoisotopic (exact) mass is 296 g/mol. The maximum atomic E-state index is 13.6. The van der Waals surface area contributed by atoms with Crippen LogP contribution in [-0.4, -0.2) is 16.9 Å². The number of aryl methyl sites for hydroxylation is 1. The molecule has 2 atom stereocenters. The summed E-state index contributed by atoms with van der Waals surface area (Å²) in [4.78, 5) is 22.4. The van der Waals surface area contributed by atoms with Gasteiger partial charge < -0.3 is 5.11 Å². The lowest BCUT2D eigenvalue weighted by atomic mass is 9.73. The number of carboxylic acids is 1. The highest BCUT2D eigenvalue weighted by Gasteiger charge is 2.31. The van der Waals surface area contributed by atoms with Crippen molar-refractivity contribution in [3.63, 3.8) is 0 Å². The quantitative estimate of drug-likeness (QED) is 0.923. The van der Waals surface area contributed by atoms with Crippen LogP contribution in [0.5, 0.6) is 0 Å². The van der Waals surface area contributed by atoms with Crippen LogP contribution in [0.3, 0.4) is 0 Å². The molecule has 1 saturated carbocycles. The number of ketones is 1. The van der Waals surface area contributed by atoms with Gasteiger partial charge in [-0.05, 0) is 48.8 Å². The molecule has 0 heterocycles. The van der Waals surface area contributed by atoms with Gasteiger partial charge in [-0.15, -0.1) is 0 Å². The summed E-state index contributed by atoms with van der Waals surface area (Å²) >= 11 is 0. The second-order valence-electron chi connectivity index (χ2n) is 5.71. The zero-order chi connectivity index (χ0) is 15.6. The molecule has 1 aliphatic rings. The van der Waals surface area contributed by atoms with Gasteiger partial charge in [-0.25, -0.2) is 8.78 Å². The summed E-state index contributed by atoms with van der Waals surface area (Å²) in [5.41, 5.74) is 0.801. The highest BCUT2D eigenvalue weighted by Crippen LogP contribution is 2.39. The van der Waals surface area contributed by atoms with Crippen LogP contribution in [0.15, 0.2) is 12.1 Å². The predicted octanol–water partition coefficient (Wildman–Crippen LogP) is 3.59. The molecule has 3 nitrogen and oxygen atoms in total. The lowest BCUT2D eigenvalue weighted by Gasteiger charge is -2.31. The number of carboxylic acid groups (broad SMARTS) is 1. The molecule has 114 valence electrons. The average Bonchev–Trinajstić information content (AvgIpc) is 2.42. The topological polar surface area (TPSA) is 54.4 Å². The normalized spacial score (nSPS) is 22.3. The second kappa shape index (κ2) is 6.33.